The molecule has 0 aromatic heterocycles. The highest BCUT2D eigenvalue weighted by Gasteiger charge is 2.45. The van der Waals surface area contributed by atoms with Gasteiger partial charge in [-0.05, 0) is 44.3 Å². The van der Waals surface area contributed by atoms with E-state index in [1.165, 1.54) is 12.8 Å². The van der Waals surface area contributed by atoms with Crippen molar-refractivity contribution in [1.29, 1.82) is 0 Å². The molecule has 2 aliphatic rings. The van der Waals surface area contributed by atoms with Crippen LogP contribution in [0, 0.1) is 11.3 Å². The van der Waals surface area contributed by atoms with E-state index in [2.05, 4.69) is 23.8 Å². The van der Waals surface area contributed by atoms with Gasteiger partial charge in [0.2, 0.25) is 0 Å². The maximum absolute atomic E-state index is 10.7. The van der Waals surface area contributed by atoms with Crippen LogP contribution in [0.1, 0.15) is 19.8 Å². The molecular weight excluding hydrogens is 204 g/mol. The van der Waals surface area contributed by atoms with Crippen LogP contribution in [0.4, 0.5) is 0 Å². The van der Waals surface area contributed by atoms with Crippen molar-refractivity contribution in [3.05, 3.63) is 0 Å². The van der Waals surface area contributed by atoms with Crippen LogP contribution in [-0.4, -0.2) is 60.6 Å². The summed E-state index contributed by atoms with van der Waals surface area (Å²) in [7, 11) is 2.17. The Morgan fingerprint density at radius 3 is 2.62 bits per heavy atom. The van der Waals surface area contributed by atoms with Gasteiger partial charge in [0.15, 0.2) is 0 Å². The van der Waals surface area contributed by atoms with Gasteiger partial charge in [0.1, 0.15) is 0 Å². The minimum atomic E-state index is -0.697. The number of carboxylic acids is 1. The molecule has 2 heterocycles. The van der Waals surface area contributed by atoms with Crippen LogP contribution < -0.4 is 0 Å². The first kappa shape index (κ1) is 11.9. The fourth-order valence-electron chi connectivity index (χ4n) is 3.27. The number of hydrogen-bond acceptors (Lipinski definition) is 3. The Labute approximate surface area is 97.2 Å². The van der Waals surface area contributed by atoms with Crippen molar-refractivity contribution < 1.29 is 9.90 Å². The summed E-state index contributed by atoms with van der Waals surface area (Å²) >= 11 is 0. The van der Waals surface area contributed by atoms with E-state index in [1.807, 2.05) is 0 Å². The highest BCUT2D eigenvalue weighted by Crippen LogP contribution is 2.43. The quantitative estimate of drug-likeness (QED) is 0.754. The monoisotopic (exact) mass is 226 g/mol. The molecule has 0 aromatic rings. The van der Waals surface area contributed by atoms with E-state index in [0.717, 1.165) is 26.2 Å². The summed E-state index contributed by atoms with van der Waals surface area (Å²) in [6.45, 7) is 6.75. The van der Waals surface area contributed by atoms with Gasteiger partial charge in [0.25, 0.3) is 0 Å². The fourth-order valence-corrected chi connectivity index (χ4v) is 3.27. The van der Waals surface area contributed by atoms with Crippen LogP contribution in [0.3, 0.4) is 0 Å². The van der Waals surface area contributed by atoms with Gasteiger partial charge < -0.3 is 10.0 Å². The summed E-state index contributed by atoms with van der Waals surface area (Å²) in [5.74, 6) is -0.0577. The molecule has 92 valence electrons. The van der Waals surface area contributed by atoms with E-state index in [4.69, 9.17) is 5.11 Å². The number of rotatable bonds is 2. The third kappa shape index (κ3) is 2.23. The van der Waals surface area contributed by atoms with Crippen molar-refractivity contribution >= 4 is 5.97 Å². The smallest absolute Gasteiger partial charge is 0.317 e. The standard InChI is InChI=1S/C12H22N2O2/c1-10-7-14(8-11(15)16)9-12(10)3-5-13(2)6-4-12/h10H,3-9H2,1-2H3,(H,15,16)/t10-/m1/s1. The summed E-state index contributed by atoms with van der Waals surface area (Å²) in [5.41, 5.74) is 0.391. The van der Waals surface area contributed by atoms with E-state index in [0.29, 0.717) is 11.3 Å². The van der Waals surface area contributed by atoms with E-state index >= 15 is 0 Å². The number of piperidine rings is 1. The van der Waals surface area contributed by atoms with Gasteiger partial charge in [0, 0.05) is 13.1 Å². The predicted molar refractivity (Wildman–Crippen MR) is 62.4 cm³/mol. The van der Waals surface area contributed by atoms with Crippen LogP contribution in [0.15, 0.2) is 0 Å². The second kappa shape index (κ2) is 4.34. The summed E-state index contributed by atoms with van der Waals surface area (Å²) in [6.07, 6.45) is 2.45. The molecule has 1 spiro atoms. The molecule has 0 aromatic carbocycles. The fraction of sp³-hybridized carbons (Fsp3) is 0.917. The molecular formula is C12H22N2O2. The Morgan fingerprint density at radius 2 is 2.06 bits per heavy atom. The Kier molecular flexibility index (Phi) is 3.22. The Balaban J connectivity index is 1.98. The Bertz CT molecular complexity index is 272. The minimum Gasteiger partial charge on any atom is -0.480 e. The number of carbonyl (C=O) groups is 1. The van der Waals surface area contributed by atoms with Gasteiger partial charge in [-0.2, -0.15) is 0 Å². The zero-order valence-corrected chi connectivity index (χ0v) is 10.3. The molecule has 1 N–H and O–H groups in total. The largest absolute Gasteiger partial charge is 0.480 e. The van der Waals surface area contributed by atoms with E-state index in [1.54, 1.807) is 0 Å². The average molecular weight is 226 g/mol. The van der Waals surface area contributed by atoms with Crippen LogP contribution in [0.2, 0.25) is 0 Å². The van der Waals surface area contributed by atoms with Crippen molar-refractivity contribution in [3.8, 4) is 0 Å². The number of hydrogen-bond donors (Lipinski definition) is 1. The normalized spacial score (nSPS) is 31.0. The first-order valence-corrected chi connectivity index (χ1v) is 6.14. The van der Waals surface area contributed by atoms with E-state index < -0.39 is 5.97 Å². The molecule has 2 saturated heterocycles. The third-order valence-corrected chi connectivity index (χ3v) is 4.46. The zero-order valence-electron chi connectivity index (χ0n) is 10.3. The molecule has 2 fully saturated rings. The van der Waals surface area contributed by atoms with Gasteiger partial charge >= 0.3 is 5.97 Å². The second-order valence-corrected chi connectivity index (χ2v) is 5.63. The zero-order chi connectivity index (χ0) is 11.8. The maximum atomic E-state index is 10.7. The minimum absolute atomic E-state index is 0.210. The van der Waals surface area contributed by atoms with Gasteiger partial charge in [-0.25, -0.2) is 0 Å². The number of nitrogens with zero attached hydrogens (tertiary/aromatic N) is 2. The molecule has 1 atom stereocenters. The molecule has 2 rings (SSSR count). The van der Waals surface area contributed by atoms with Crippen molar-refractivity contribution in [3.63, 3.8) is 0 Å². The molecule has 2 aliphatic heterocycles. The van der Waals surface area contributed by atoms with Gasteiger partial charge in [0.05, 0.1) is 6.54 Å². The molecule has 0 saturated carbocycles. The molecule has 4 nitrogen and oxygen atoms in total. The summed E-state index contributed by atoms with van der Waals surface area (Å²) in [6, 6.07) is 0. The first-order valence-electron chi connectivity index (χ1n) is 6.14. The molecule has 0 radical (unpaired) electrons. The number of aliphatic carboxylic acids is 1. The van der Waals surface area contributed by atoms with E-state index in [9.17, 15) is 4.79 Å². The third-order valence-electron chi connectivity index (χ3n) is 4.46. The van der Waals surface area contributed by atoms with Crippen LogP contribution in [0.5, 0.6) is 0 Å². The topological polar surface area (TPSA) is 43.8 Å². The van der Waals surface area contributed by atoms with Gasteiger partial charge in [-0.3, -0.25) is 9.69 Å². The number of carboxylic acid groups (broad SMARTS) is 1. The molecule has 16 heavy (non-hydrogen) atoms. The van der Waals surface area contributed by atoms with Crippen molar-refractivity contribution in [2.45, 2.75) is 19.8 Å². The van der Waals surface area contributed by atoms with Crippen molar-refractivity contribution in [1.82, 2.24) is 9.80 Å². The van der Waals surface area contributed by atoms with Crippen molar-refractivity contribution in [2.75, 3.05) is 39.8 Å². The van der Waals surface area contributed by atoms with Gasteiger partial charge in [-0.1, -0.05) is 6.92 Å². The molecule has 0 bridgehead atoms. The second-order valence-electron chi connectivity index (χ2n) is 5.63. The highest BCUT2D eigenvalue weighted by molar-refractivity contribution is 5.69. The van der Waals surface area contributed by atoms with Crippen LogP contribution in [0.25, 0.3) is 0 Å². The summed E-state index contributed by atoms with van der Waals surface area (Å²) < 4.78 is 0. The maximum Gasteiger partial charge on any atom is 0.317 e. The molecule has 0 unspecified atom stereocenters. The average Bonchev–Trinajstić information content (AvgIpc) is 2.48. The van der Waals surface area contributed by atoms with Crippen molar-refractivity contribution in [2.24, 2.45) is 11.3 Å². The highest BCUT2D eigenvalue weighted by atomic mass is 16.4. The van der Waals surface area contributed by atoms with Gasteiger partial charge in [-0.15, -0.1) is 0 Å². The molecule has 4 heteroatoms. The van der Waals surface area contributed by atoms with Crippen LogP contribution in [-0.2, 0) is 4.79 Å². The number of likely N-dealkylation sites (tertiary alicyclic amines) is 2. The Morgan fingerprint density at radius 1 is 1.44 bits per heavy atom. The molecule has 0 amide bonds. The summed E-state index contributed by atoms with van der Waals surface area (Å²) in [5, 5.41) is 8.84. The lowest BCUT2D eigenvalue weighted by Gasteiger charge is -2.40. The Hall–Kier alpha value is -0.610. The summed E-state index contributed by atoms with van der Waals surface area (Å²) in [4.78, 5) is 15.2. The lowest BCUT2D eigenvalue weighted by atomic mass is 9.72. The predicted octanol–water partition coefficient (Wildman–Crippen LogP) is 0.735. The lowest BCUT2D eigenvalue weighted by Crippen LogP contribution is -2.42. The van der Waals surface area contributed by atoms with E-state index in [-0.39, 0.29) is 6.54 Å². The lowest BCUT2D eigenvalue weighted by molar-refractivity contribution is -0.138. The molecule has 0 aliphatic carbocycles. The first-order chi connectivity index (χ1) is 7.52. The van der Waals surface area contributed by atoms with Crippen LogP contribution >= 0.6 is 0 Å². The SMILES string of the molecule is C[C@@H]1CN(CC(=O)O)CC12CCN(C)CC2.